The first kappa shape index (κ1) is 12.9. The number of carbonyl (C=O) groups is 1. The molecular weight excluding hydrogens is 233 g/mol. The number of unbranched alkanes of at least 4 members (excludes halogenated alkanes) is 1. The predicted octanol–water partition coefficient (Wildman–Crippen LogP) is 3.04. The largest absolute Gasteiger partial charge is 0.349 e. The number of alkyl halides is 1. The molecule has 15 heavy (non-hydrogen) atoms. The molecule has 1 N–H and O–H groups in total. The SMILES string of the molecule is CCCC/C(Cl)=C1/C(=O)N[C@H](C)[C@@H]1CCl. The van der Waals surface area contributed by atoms with Crippen LogP contribution in [0.1, 0.15) is 33.1 Å². The third-order valence-electron chi connectivity index (χ3n) is 2.79. The van der Waals surface area contributed by atoms with Crippen LogP contribution in [0.2, 0.25) is 0 Å². The van der Waals surface area contributed by atoms with Crippen molar-refractivity contribution in [2.75, 3.05) is 5.88 Å². The predicted molar refractivity (Wildman–Crippen MR) is 64.2 cm³/mol. The van der Waals surface area contributed by atoms with Gasteiger partial charge in [0.2, 0.25) is 5.91 Å². The van der Waals surface area contributed by atoms with Gasteiger partial charge in [-0.2, -0.15) is 0 Å². The zero-order valence-corrected chi connectivity index (χ0v) is 10.7. The quantitative estimate of drug-likeness (QED) is 0.603. The lowest BCUT2D eigenvalue weighted by molar-refractivity contribution is -0.116. The zero-order valence-electron chi connectivity index (χ0n) is 9.15. The summed E-state index contributed by atoms with van der Waals surface area (Å²) in [4.78, 5) is 11.6. The molecule has 0 aromatic rings. The number of hydrogen-bond donors (Lipinski definition) is 1. The molecule has 0 saturated carbocycles. The van der Waals surface area contributed by atoms with Gasteiger partial charge in [0.15, 0.2) is 0 Å². The van der Waals surface area contributed by atoms with E-state index in [9.17, 15) is 4.79 Å². The van der Waals surface area contributed by atoms with Crippen molar-refractivity contribution in [1.29, 1.82) is 0 Å². The fourth-order valence-corrected chi connectivity index (χ4v) is 2.59. The molecule has 1 aliphatic rings. The van der Waals surface area contributed by atoms with Gasteiger partial charge in [0.05, 0.1) is 0 Å². The van der Waals surface area contributed by atoms with Crippen LogP contribution in [-0.4, -0.2) is 17.8 Å². The van der Waals surface area contributed by atoms with E-state index in [1.54, 1.807) is 0 Å². The summed E-state index contributed by atoms with van der Waals surface area (Å²) in [5.74, 6) is 0.454. The highest BCUT2D eigenvalue weighted by Gasteiger charge is 2.35. The van der Waals surface area contributed by atoms with Crippen LogP contribution in [-0.2, 0) is 4.79 Å². The Bertz CT molecular complexity index is 276. The molecule has 86 valence electrons. The van der Waals surface area contributed by atoms with E-state index in [1.807, 2.05) is 6.92 Å². The van der Waals surface area contributed by atoms with Crippen LogP contribution < -0.4 is 5.32 Å². The average molecular weight is 250 g/mol. The highest BCUT2D eigenvalue weighted by molar-refractivity contribution is 6.32. The van der Waals surface area contributed by atoms with Gasteiger partial charge in [0, 0.05) is 28.4 Å². The molecule has 1 fully saturated rings. The Labute approximate surface area is 101 Å². The van der Waals surface area contributed by atoms with Crippen LogP contribution in [0.3, 0.4) is 0 Å². The van der Waals surface area contributed by atoms with E-state index < -0.39 is 0 Å². The highest BCUT2D eigenvalue weighted by atomic mass is 35.5. The van der Waals surface area contributed by atoms with E-state index >= 15 is 0 Å². The standard InChI is InChI=1S/C11H17Cl2NO/c1-3-4-5-9(13)10-8(6-12)7(2)14-11(10)15/h7-8H,3-6H2,1-2H3,(H,14,15)/b10-9-/t7-,8+/m1/s1. The van der Waals surface area contributed by atoms with Crippen molar-refractivity contribution in [3.63, 3.8) is 0 Å². The minimum Gasteiger partial charge on any atom is -0.349 e. The summed E-state index contributed by atoms with van der Waals surface area (Å²) in [5, 5.41) is 3.54. The summed E-state index contributed by atoms with van der Waals surface area (Å²) in [7, 11) is 0. The first-order valence-corrected chi connectivity index (χ1v) is 6.28. The van der Waals surface area contributed by atoms with Crippen molar-refractivity contribution >= 4 is 29.1 Å². The highest BCUT2D eigenvalue weighted by Crippen LogP contribution is 2.30. The summed E-state index contributed by atoms with van der Waals surface area (Å²) >= 11 is 12.0. The smallest absolute Gasteiger partial charge is 0.249 e. The third-order valence-corrected chi connectivity index (χ3v) is 3.51. The second kappa shape index (κ2) is 5.76. The van der Waals surface area contributed by atoms with Crippen LogP contribution >= 0.6 is 23.2 Å². The molecule has 0 bridgehead atoms. The van der Waals surface area contributed by atoms with Crippen LogP contribution in [0.4, 0.5) is 0 Å². The van der Waals surface area contributed by atoms with Crippen molar-refractivity contribution in [2.45, 2.75) is 39.2 Å². The second-order valence-corrected chi connectivity index (χ2v) is 4.71. The summed E-state index contributed by atoms with van der Waals surface area (Å²) in [5.41, 5.74) is 0.701. The topological polar surface area (TPSA) is 29.1 Å². The van der Waals surface area contributed by atoms with Gasteiger partial charge in [-0.25, -0.2) is 0 Å². The number of nitrogens with one attached hydrogen (secondary N) is 1. The van der Waals surface area contributed by atoms with Gasteiger partial charge in [-0.05, 0) is 19.8 Å². The molecule has 1 saturated heterocycles. The van der Waals surface area contributed by atoms with Crippen LogP contribution in [0, 0.1) is 5.92 Å². The average Bonchev–Trinajstić information content (AvgIpc) is 2.49. The van der Waals surface area contributed by atoms with Crippen molar-refractivity contribution in [1.82, 2.24) is 5.32 Å². The van der Waals surface area contributed by atoms with Crippen molar-refractivity contribution in [2.24, 2.45) is 5.92 Å². The van der Waals surface area contributed by atoms with E-state index in [-0.39, 0.29) is 17.9 Å². The molecule has 0 aromatic carbocycles. The number of hydrogen-bond acceptors (Lipinski definition) is 1. The first-order chi connectivity index (χ1) is 7.11. The molecule has 0 aromatic heterocycles. The number of amides is 1. The second-order valence-electron chi connectivity index (χ2n) is 3.95. The van der Waals surface area contributed by atoms with Crippen molar-refractivity contribution in [3.05, 3.63) is 10.6 Å². The van der Waals surface area contributed by atoms with Gasteiger partial charge in [-0.1, -0.05) is 24.9 Å². The van der Waals surface area contributed by atoms with Gasteiger partial charge >= 0.3 is 0 Å². The molecule has 4 heteroatoms. The van der Waals surface area contributed by atoms with E-state index in [4.69, 9.17) is 23.2 Å². The van der Waals surface area contributed by atoms with Crippen molar-refractivity contribution < 1.29 is 4.79 Å². The van der Waals surface area contributed by atoms with E-state index in [1.165, 1.54) is 0 Å². The molecule has 1 amide bonds. The van der Waals surface area contributed by atoms with Gasteiger partial charge < -0.3 is 5.32 Å². The Morgan fingerprint density at radius 3 is 2.73 bits per heavy atom. The summed E-state index contributed by atoms with van der Waals surface area (Å²) in [6.45, 7) is 4.06. The Kier molecular flexibility index (Phi) is 4.94. The summed E-state index contributed by atoms with van der Waals surface area (Å²) < 4.78 is 0. The van der Waals surface area contributed by atoms with Crippen LogP contribution in [0.25, 0.3) is 0 Å². The lowest BCUT2D eigenvalue weighted by Gasteiger charge is -2.12. The lowest BCUT2D eigenvalue weighted by Crippen LogP contribution is -2.25. The van der Waals surface area contributed by atoms with Gasteiger partial charge in [0.1, 0.15) is 0 Å². The minimum absolute atomic E-state index is 0.0470. The fraction of sp³-hybridized carbons (Fsp3) is 0.727. The maximum Gasteiger partial charge on any atom is 0.249 e. The maximum absolute atomic E-state index is 11.6. The lowest BCUT2D eigenvalue weighted by atomic mass is 9.97. The van der Waals surface area contributed by atoms with Crippen LogP contribution in [0.15, 0.2) is 10.6 Å². The molecule has 2 atom stereocenters. The third kappa shape index (κ3) is 2.88. The Morgan fingerprint density at radius 2 is 2.20 bits per heavy atom. The van der Waals surface area contributed by atoms with Gasteiger partial charge in [-0.15, -0.1) is 11.6 Å². The summed E-state index contributed by atoms with van der Waals surface area (Å²) in [6.07, 6.45) is 2.87. The molecule has 0 unspecified atom stereocenters. The normalized spacial score (nSPS) is 29.2. The monoisotopic (exact) mass is 249 g/mol. The molecule has 0 aliphatic carbocycles. The van der Waals surface area contributed by atoms with E-state index in [0.717, 1.165) is 19.3 Å². The fourth-order valence-electron chi connectivity index (χ4n) is 1.81. The zero-order chi connectivity index (χ0) is 11.4. The van der Waals surface area contributed by atoms with E-state index in [0.29, 0.717) is 16.5 Å². The molecule has 1 rings (SSSR count). The molecule has 1 heterocycles. The van der Waals surface area contributed by atoms with Gasteiger partial charge in [-0.3, -0.25) is 4.79 Å². The molecule has 0 radical (unpaired) electrons. The number of allylic oxidation sites excluding steroid dienone is 1. The number of carbonyl (C=O) groups excluding carboxylic acids is 1. The van der Waals surface area contributed by atoms with Crippen molar-refractivity contribution in [3.8, 4) is 0 Å². The molecule has 1 aliphatic heterocycles. The van der Waals surface area contributed by atoms with Gasteiger partial charge in [0.25, 0.3) is 0 Å². The number of halogens is 2. The minimum atomic E-state index is -0.0470. The Hall–Kier alpha value is -0.210. The number of rotatable bonds is 4. The first-order valence-electron chi connectivity index (χ1n) is 5.37. The molecule has 2 nitrogen and oxygen atoms in total. The summed E-state index contributed by atoms with van der Waals surface area (Å²) in [6, 6.07) is 0.0976. The molecular formula is C11H17Cl2NO. The Balaban J connectivity index is 2.84. The van der Waals surface area contributed by atoms with E-state index in [2.05, 4.69) is 12.2 Å². The maximum atomic E-state index is 11.6. The Morgan fingerprint density at radius 1 is 1.53 bits per heavy atom. The van der Waals surface area contributed by atoms with Crippen LogP contribution in [0.5, 0.6) is 0 Å². The molecule has 0 spiro atoms.